The molecular formula is C55H35N5. The van der Waals surface area contributed by atoms with E-state index < -0.39 is 0 Å². The quantitative estimate of drug-likeness (QED) is 0.176. The summed E-state index contributed by atoms with van der Waals surface area (Å²) in [5, 5.41) is 20.3. The van der Waals surface area contributed by atoms with Crippen molar-refractivity contribution in [3.05, 3.63) is 199 Å². The van der Waals surface area contributed by atoms with Crippen molar-refractivity contribution in [2.45, 2.75) is 12.8 Å². The summed E-state index contributed by atoms with van der Waals surface area (Å²) in [5.74, 6) is 0. The highest BCUT2D eigenvalue weighted by Gasteiger charge is 2.31. The summed E-state index contributed by atoms with van der Waals surface area (Å²) < 4.78 is 9.60. The maximum atomic E-state index is 12.2. The summed E-state index contributed by atoms with van der Waals surface area (Å²) in [4.78, 5) is 0. The Morgan fingerprint density at radius 3 is 1.12 bits per heavy atom. The number of hydrogen-bond donors (Lipinski definition) is 0. The van der Waals surface area contributed by atoms with Crippen LogP contribution >= 0.6 is 0 Å². The molecule has 280 valence electrons. The van der Waals surface area contributed by atoms with Crippen molar-refractivity contribution >= 4 is 82.4 Å². The lowest BCUT2D eigenvalue weighted by Crippen LogP contribution is -2.15. The number of nitrogens with zero attached hydrogens (tertiary/aromatic N) is 5. The lowest BCUT2D eigenvalue weighted by atomic mass is 10.0. The normalized spacial score (nSPS) is 12.8. The third-order valence-electron chi connectivity index (χ3n) is 12.9. The van der Waals surface area contributed by atoms with Crippen LogP contribution in [0.25, 0.3) is 105 Å². The molecule has 0 unspecified atom stereocenters. The molecule has 0 aliphatic heterocycles. The molecule has 8 aromatic carbocycles. The number of rotatable bonds is 4. The summed E-state index contributed by atoms with van der Waals surface area (Å²) in [6, 6.07) is 66.0. The molecule has 0 saturated heterocycles. The van der Waals surface area contributed by atoms with Gasteiger partial charge < -0.3 is 18.3 Å². The first-order valence-electron chi connectivity index (χ1n) is 20.7. The molecule has 0 fully saturated rings. The van der Waals surface area contributed by atoms with Crippen LogP contribution in [-0.4, -0.2) is 18.3 Å². The van der Waals surface area contributed by atoms with Gasteiger partial charge in [-0.3, -0.25) is 0 Å². The Bertz CT molecular complexity index is 3700. The van der Waals surface area contributed by atoms with Crippen LogP contribution < -0.4 is 0 Å². The number of nitriles is 1. The number of benzene rings is 8. The zero-order chi connectivity index (χ0) is 39.5. The van der Waals surface area contributed by atoms with Crippen LogP contribution in [0.15, 0.2) is 182 Å². The van der Waals surface area contributed by atoms with Gasteiger partial charge in [-0.2, -0.15) is 5.26 Å². The van der Waals surface area contributed by atoms with Crippen molar-refractivity contribution in [1.29, 1.82) is 5.26 Å². The van der Waals surface area contributed by atoms with Gasteiger partial charge in [-0.25, -0.2) is 0 Å². The fourth-order valence-electron chi connectivity index (χ4n) is 10.5. The van der Waals surface area contributed by atoms with Crippen molar-refractivity contribution in [3.63, 3.8) is 0 Å². The highest BCUT2D eigenvalue weighted by Crippen LogP contribution is 2.46. The first-order chi connectivity index (χ1) is 29.8. The Labute approximate surface area is 345 Å². The van der Waals surface area contributed by atoms with Crippen molar-refractivity contribution in [2.75, 3.05) is 0 Å². The van der Waals surface area contributed by atoms with Gasteiger partial charge in [0, 0.05) is 49.0 Å². The second kappa shape index (κ2) is 12.5. The Morgan fingerprint density at radius 1 is 0.383 bits per heavy atom. The van der Waals surface area contributed by atoms with E-state index >= 15 is 0 Å². The van der Waals surface area contributed by atoms with Crippen LogP contribution in [0.1, 0.15) is 23.2 Å². The molecule has 0 spiro atoms. The van der Waals surface area contributed by atoms with Crippen LogP contribution in [0, 0.1) is 11.3 Å². The molecule has 0 atom stereocenters. The minimum atomic E-state index is 0.597. The molecule has 13 rings (SSSR count). The molecular weight excluding hydrogens is 731 g/mol. The number of allylic oxidation sites excluding steroid dienone is 1. The van der Waals surface area contributed by atoms with Crippen LogP contribution in [0.4, 0.5) is 0 Å². The van der Waals surface area contributed by atoms with E-state index in [0.29, 0.717) is 5.56 Å². The fraction of sp³-hybridized carbons (Fsp3) is 0.0364. The third-order valence-corrected chi connectivity index (χ3v) is 12.9. The number of aromatic nitrogens is 4. The number of fused-ring (bicyclic) bond motifs is 12. The van der Waals surface area contributed by atoms with Crippen molar-refractivity contribution < 1.29 is 0 Å². The lowest BCUT2D eigenvalue weighted by molar-refractivity contribution is 0.880. The van der Waals surface area contributed by atoms with Gasteiger partial charge in [0.2, 0.25) is 0 Å². The summed E-state index contributed by atoms with van der Waals surface area (Å²) in [7, 11) is 0. The Hall–Kier alpha value is -8.07. The first-order valence-corrected chi connectivity index (χ1v) is 20.7. The fourth-order valence-corrected chi connectivity index (χ4v) is 10.5. The van der Waals surface area contributed by atoms with E-state index in [4.69, 9.17) is 0 Å². The highest BCUT2D eigenvalue weighted by atomic mass is 15.1. The molecule has 4 aromatic heterocycles. The molecule has 60 heavy (non-hydrogen) atoms. The summed E-state index contributed by atoms with van der Waals surface area (Å²) in [6.07, 6.45) is 6.42. The van der Waals surface area contributed by atoms with E-state index in [2.05, 4.69) is 212 Å². The van der Waals surface area contributed by atoms with E-state index in [1.165, 1.54) is 27.4 Å². The molecule has 0 N–H and O–H groups in total. The average molecular weight is 766 g/mol. The van der Waals surface area contributed by atoms with E-state index in [0.717, 1.165) is 95.8 Å². The third kappa shape index (κ3) is 4.34. The summed E-state index contributed by atoms with van der Waals surface area (Å²) in [5.41, 5.74) is 14.2. The topological polar surface area (TPSA) is 43.5 Å². The SMILES string of the molecule is N#Cc1c(-n2c3ccccc3c3ccccc32)c(-n2c3c(c4ccccc42)C=CCC3)cc(-n2c3ccccc3c3ccccc32)c1-n1c2ccccc2c2ccccc21. The maximum Gasteiger partial charge on any atom is 0.104 e. The predicted molar refractivity (Wildman–Crippen MR) is 248 cm³/mol. The minimum Gasteiger partial charge on any atom is -0.311 e. The molecule has 0 saturated carbocycles. The summed E-state index contributed by atoms with van der Waals surface area (Å²) >= 11 is 0. The van der Waals surface area contributed by atoms with Gasteiger partial charge in [-0.1, -0.05) is 140 Å². The Balaban J connectivity index is 1.34. The highest BCUT2D eigenvalue weighted by molar-refractivity contribution is 6.13. The van der Waals surface area contributed by atoms with Crippen LogP contribution in [0.3, 0.4) is 0 Å². The minimum absolute atomic E-state index is 0.597. The van der Waals surface area contributed by atoms with Gasteiger partial charge in [0.05, 0.1) is 61.4 Å². The van der Waals surface area contributed by atoms with Gasteiger partial charge in [0.15, 0.2) is 0 Å². The zero-order valence-corrected chi connectivity index (χ0v) is 32.5. The number of hydrogen-bond acceptors (Lipinski definition) is 1. The smallest absolute Gasteiger partial charge is 0.104 e. The molecule has 0 amide bonds. The molecule has 4 heterocycles. The zero-order valence-electron chi connectivity index (χ0n) is 32.5. The van der Waals surface area contributed by atoms with E-state index in [9.17, 15) is 5.26 Å². The van der Waals surface area contributed by atoms with Gasteiger partial charge in [-0.05, 0) is 61.4 Å². The second-order valence-corrected chi connectivity index (χ2v) is 15.9. The van der Waals surface area contributed by atoms with Crippen LogP contribution in [0.5, 0.6) is 0 Å². The van der Waals surface area contributed by atoms with E-state index in [1.807, 2.05) is 0 Å². The molecule has 1 aliphatic rings. The first kappa shape index (κ1) is 33.0. The maximum absolute atomic E-state index is 12.2. The van der Waals surface area contributed by atoms with Crippen LogP contribution in [-0.2, 0) is 6.42 Å². The van der Waals surface area contributed by atoms with E-state index in [-0.39, 0.29) is 0 Å². The van der Waals surface area contributed by atoms with Gasteiger partial charge >= 0.3 is 0 Å². The Kier molecular flexibility index (Phi) is 6.85. The Morgan fingerprint density at radius 2 is 0.717 bits per heavy atom. The molecule has 0 bridgehead atoms. The monoisotopic (exact) mass is 765 g/mol. The summed E-state index contributed by atoms with van der Waals surface area (Å²) in [6.45, 7) is 0. The average Bonchev–Trinajstić information content (AvgIpc) is 4.04. The molecule has 5 nitrogen and oxygen atoms in total. The standard InChI is InChI=1S/C55H35N5/c56-34-43-54(59-48-29-13-5-21-39(48)40-22-6-14-30-49(40)59)52(57-44-25-9-1-17-35(44)36-18-2-10-26-45(36)57)33-53(58-46-27-11-3-19-37(46)38-20-4-12-28-47(38)58)55(43)60-50-31-15-7-23-41(50)42-24-8-16-32-51(42)60/h1-11,13-27,29-33H,12,28H2. The van der Waals surface area contributed by atoms with Crippen molar-refractivity contribution in [2.24, 2.45) is 0 Å². The van der Waals surface area contributed by atoms with Gasteiger partial charge in [0.1, 0.15) is 11.6 Å². The van der Waals surface area contributed by atoms with Crippen molar-refractivity contribution in [3.8, 4) is 28.8 Å². The molecule has 5 heteroatoms. The second-order valence-electron chi connectivity index (χ2n) is 15.9. The lowest BCUT2D eigenvalue weighted by Gasteiger charge is -2.26. The van der Waals surface area contributed by atoms with Gasteiger partial charge in [-0.15, -0.1) is 0 Å². The molecule has 12 aromatic rings. The van der Waals surface area contributed by atoms with Crippen molar-refractivity contribution in [1.82, 2.24) is 18.3 Å². The van der Waals surface area contributed by atoms with Crippen LogP contribution in [0.2, 0.25) is 0 Å². The molecule has 1 aliphatic carbocycles. The molecule has 0 radical (unpaired) electrons. The van der Waals surface area contributed by atoms with E-state index in [1.54, 1.807) is 0 Å². The largest absolute Gasteiger partial charge is 0.311 e. The van der Waals surface area contributed by atoms with Gasteiger partial charge in [0.25, 0.3) is 0 Å². The number of para-hydroxylation sites is 7. The predicted octanol–water partition coefficient (Wildman–Crippen LogP) is 13.8.